The number of nitrogens with zero attached hydrogens (tertiary/aromatic N) is 4. The predicted molar refractivity (Wildman–Crippen MR) is 98.0 cm³/mol. The molecule has 0 spiro atoms. The van der Waals surface area contributed by atoms with Gasteiger partial charge in [0.25, 0.3) is 0 Å². The second kappa shape index (κ2) is 6.10. The van der Waals surface area contributed by atoms with Crippen LogP contribution in [0.3, 0.4) is 0 Å². The van der Waals surface area contributed by atoms with Gasteiger partial charge < -0.3 is 5.32 Å². The lowest BCUT2D eigenvalue weighted by molar-refractivity contribution is 1.00. The largest absolute Gasteiger partial charge is 0.339 e. The van der Waals surface area contributed by atoms with Crippen molar-refractivity contribution in [2.45, 2.75) is 6.92 Å². The molecule has 5 heteroatoms. The highest BCUT2D eigenvalue weighted by molar-refractivity contribution is 5.83. The topological polar surface area (TPSA) is 66.5 Å². The summed E-state index contributed by atoms with van der Waals surface area (Å²) in [6.07, 6.45) is 1.66. The Morgan fingerprint density at radius 2 is 1.88 bits per heavy atom. The lowest BCUT2D eigenvalue weighted by Crippen LogP contribution is -1.97. The summed E-state index contributed by atoms with van der Waals surface area (Å²) in [7, 11) is 0. The van der Waals surface area contributed by atoms with Gasteiger partial charge in [-0.15, -0.1) is 0 Å². The number of nitrogens with one attached hydrogen (secondary N) is 1. The van der Waals surface area contributed by atoms with Gasteiger partial charge in [-0.05, 0) is 49.4 Å². The van der Waals surface area contributed by atoms with Crippen LogP contribution in [0.4, 0.5) is 11.5 Å². The molecule has 25 heavy (non-hydrogen) atoms. The van der Waals surface area contributed by atoms with Crippen molar-refractivity contribution in [1.82, 2.24) is 14.5 Å². The van der Waals surface area contributed by atoms with Gasteiger partial charge in [-0.2, -0.15) is 5.26 Å². The molecule has 0 saturated heterocycles. The minimum atomic E-state index is 0.508. The number of fused-ring (bicyclic) bond motifs is 1. The summed E-state index contributed by atoms with van der Waals surface area (Å²) in [5, 5.41) is 12.4. The van der Waals surface area contributed by atoms with Crippen LogP contribution in [-0.2, 0) is 0 Å². The molecule has 2 aromatic heterocycles. The van der Waals surface area contributed by atoms with Crippen molar-refractivity contribution in [3.63, 3.8) is 0 Å². The number of para-hydroxylation sites is 1. The maximum absolute atomic E-state index is 9.19. The smallest absolute Gasteiger partial charge is 0.148 e. The average molecular weight is 325 g/mol. The fourth-order valence-electron chi connectivity index (χ4n) is 2.91. The summed E-state index contributed by atoms with van der Waals surface area (Å²) in [6.45, 7) is 1.99. The molecule has 4 aromatic rings. The maximum atomic E-state index is 9.19. The molecular weight excluding hydrogens is 310 g/mol. The average Bonchev–Trinajstić information content (AvgIpc) is 2.98. The Morgan fingerprint density at radius 1 is 1.04 bits per heavy atom. The molecule has 120 valence electrons. The number of aryl methyl sites for hydroxylation is 1. The van der Waals surface area contributed by atoms with E-state index in [1.165, 1.54) is 0 Å². The van der Waals surface area contributed by atoms with Crippen molar-refractivity contribution in [3.8, 4) is 11.8 Å². The van der Waals surface area contributed by atoms with Crippen molar-refractivity contribution in [2.75, 3.05) is 5.32 Å². The number of aromatic nitrogens is 3. The molecule has 0 radical (unpaired) electrons. The summed E-state index contributed by atoms with van der Waals surface area (Å²) in [4.78, 5) is 8.91. The van der Waals surface area contributed by atoms with E-state index in [1.807, 2.05) is 43.3 Å². The second-order valence-corrected chi connectivity index (χ2v) is 5.67. The van der Waals surface area contributed by atoms with Crippen LogP contribution >= 0.6 is 0 Å². The predicted octanol–water partition coefficient (Wildman–Crippen LogP) is 4.34. The molecule has 0 aliphatic rings. The van der Waals surface area contributed by atoms with Gasteiger partial charge >= 0.3 is 0 Å². The Labute approximate surface area is 145 Å². The zero-order valence-electron chi connectivity index (χ0n) is 13.6. The van der Waals surface area contributed by atoms with E-state index < -0.39 is 0 Å². The monoisotopic (exact) mass is 325 g/mol. The van der Waals surface area contributed by atoms with E-state index in [9.17, 15) is 5.26 Å². The number of anilines is 2. The van der Waals surface area contributed by atoms with E-state index in [4.69, 9.17) is 0 Å². The first kappa shape index (κ1) is 14.9. The van der Waals surface area contributed by atoms with Crippen LogP contribution in [-0.4, -0.2) is 14.5 Å². The van der Waals surface area contributed by atoms with E-state index in [1.54, 1.807) is 18.3 Å². The van der Waals surface area contributed by atoms with Crippen LogP contribution in [0.25, 0.3) is 16.7 Å². The Bertz CT molecular complexity index is 1090. The summed E-state index contributed by atoms with van der Waals surface area (Å²) in [6, 6.07) is 21.8. The Kier molecular flexibility index (Phi) is 3.64. The van der Waals surface area contributed by atoms with Gasteiger partial charge in [-0.3, -0.25) is 4.57 Å². The van der Waals surface area contributed by atoms with Crippen LogP contribution < -0.4 is 5.32 Å². The van der Waals surface area contributed by atoms with Crippen LogP contribution in [0, 0.1) is 18.3 Å². The molecule has 2 aromatic carbocycles. The number of hydrogen-bond acceptors (Lipinski definition) is 4. The molecule has 0 fully saturated rings. The van der Waals surface area contributed by atoms with Crippen molar-refractivity contribution >= 4 is 22.5 Å². The van der Waals surface area contributed by atoms with Crippen molar-refractivity contribution in [3.05, 3.63) is 78.2 Å². The van der Waals surface area contributed by atoms with Crippen LogP contribution in [0.15, 0.2) is 66.9 Å². The molecule has 0 unspecified atom stereocenters. The third-order valence-electron chi connectivity index (χ3n) is 4.03. The quantitative estimate of drug-likeness (QED) is 0.608. The number of pyridine rings is 1. The molecule has 0 bridgehead atoms. The highest BCUT2D eigenvalue weighted by atomic mass is 15.1. The third-order valence-corrected chi connectivity index (χ3v) is 4.03. The van der Waals surface area contributed by atoms with Crippen molar-refractivity contribution in [1.29, 1.82) is 5.26 Å². The van der Waals surface area contributed by atoms with Crippen molar-refractivity contribution < 1.29 is 0 Å². The Balaban J connectivity index is 1.76. The molecule has 2 heterocycles. The van der Waals surface area contributed by atoms with Gasteiger partial charge in [0.2, 0.25) is 0 Å². The molecule has 0 saturated carbocycles. The van der Waals surface area contributed by atoms with Crippen LogP contribution in [0.1, 0.15) is 11.4 Å². The molecule has 1 N–H and O–H groups in total. The molecule has 0 aliphatic heterocycles. The van der Waals surface area contributed by atoms with Crippen molar-refractivity contribution in [2.24, 2.45) is 0 Å². The minimum Gasteiger partial charge on any atom is -0.339 e. The number of rotatable bonds is 3. The molecule has 4 rings (SSSR count). The van der Waals surface area contributed by atoms with E-state index in [2.05, 4.69) is 38.1 Å². The van der Waals surface area contributed by atoms with E-state index >= 15 is 0 Å². The molecule has 0 aliphatic carbocycles. The molecule has 0 amide bonds. The second-order valence-electron chi connectivity index (χ2n) is 5.67. The van der Waals surface area contributed by atoms with Gasteiger partial charge in [0, 0.05) is 17.6 Å². The molecule has 5 nitrogen and oxygen atoms in total. The number of benzene rings is 2. The SMILES string of the molecule is Cc1nc2cc(Nc3ncccc3C#N)ccc2n1-c1ccccc1. The summed E-state index contributed by atoms with van der Waals surface area (Å²) >= 11 is 0. The normalized spacial score (nSPS) is 10.6. The van der Waals surface area contributed by atoms with Gasteiger partial charge in [0.1, 0.15) is 17.7 Å². The molecular formula is C20H15N5. The first-order valence-electron chi connectivity index (χ1n) is 7.93. The van der Waals surface area contributed by atoms with E-state index in [0.29, 0.717) is 11.4 Å². The standard InChI is InChI=1S/C20H15N5/c1-14-23-18-12-16(24-20-15(13-21)6-5-11-22-20)9-10-19(18)25(14)17-7-3-2-4-8-17/h2-12H,1H3,(H,22,24). The zero-order chi connectivity index (χ0) is 17.2. The number of nitriles is 1. The van der Waals surface area contributed by atoms with E-state index in [-0.39, 0.29) is 0 Å². The number of imidazole rings is 1. The first-order chi connectivity index (χ1) is 12.3. The summed E-state index contributed by atoms with van der Waals surface area (Å²) in [5.74, 6) is 1.47. The summed E-state index contributed by atoms with van der Waals surface area (Å²) < 4.78 is 2.13. The first-order valence-corrected chi connectivity index (χ1v) is 7.93. The fourth-order valence-corrected chi connectivity index (χ4v) is 2.91. The maximum Gasteiger partial charge on any atom is 0.148 e. The third kappa shape index (κ3) is 2.70. The van der Waals surface area contributed by atoms with Gasteiger partial charge in [-0.1, -0.05) is 18.2 Å². The lowest BCUT2D eigenvalue weighted by atomic mass is 10.2. The van der Waals surface area contributed by atoms with Crippen LogP contribution in [0.2, 0.25) is 0 Å². The van der Waals surface area contributed by atoms with Gasteiger partial charge in [-0.25, -0.2) is 9.97 Å². The Morgan fingerprint density at radius 3 is 2.68 bits per heavy atom. The highest BCUT2D eigenvalue weighted by Gasteiger charge is 2.10. The highest BCUT2D eigenvalue weighted by Crippen LogP contribution is 2.26. The van der Waals surface area contributed by atoms with Crippen LogP contribution in [0.5, 0.6) is 0 Å². The zero-order valence-corrected chi connectivity index (χ0v) is 13.6. The van der Waals surface area contributed by atoms with Gasteiger partial charge in [0.05, 0.1) is 16.6 Å². The summed E-state index contributed by atoms with van der Waals surface area (Å²) in [5.41, 5.74) is 4.37. The molecule has 0 atom stereocenters. The van der Waals surface area contributed by atoms with Gasteiger partial charge in [0.15, 0.2) is 0 Å². The fraction of sp³-hybridized carbons (Fsp3) is 0.0500. The van der Waals surface area contributed by atoms with E-state index in [0.717, 1.165) is 28.2 Å². The Hall–Kier alpha value is -3.65. The lowest BCUT2D eigenvalue weighted by Gasteiger charge is -2.08. The minimum absolute atomic E-state index is 0.508. The number of hydrogen-bond donors (Lipinski definition) is 1.